The lowest BCUT2D eigenvalue weighted by atomic mass is 10.1. The zero-order valence-corrected chi connectivity index (χ0v) is 18.4. The highest BCUT2D eigenvalue weighted by molar-refractivity contribution is 6.30. The fourth-order valence-corrected chi connectivity index (χ4v) is 3.29. The van der Waals surface area contributed by atoms with E-state index in [1.54, 1.807) is 30.0 Å². The zero-order chi connectivity index (χ0) is 22.5. The van der Waals surface area contributed by atoms with Crippen molar-refractivity contribution in [1.82, 2.24) is 15.2 Å². The number of hydrogen-bond donors (Lipinski definition) is 1. The highest BCUT2D eigenvalue weighted by atomic mass is 35.5. The molecule has 1 amide bonds. The van der Waals surface area contributed by atoms with E-state index in [0.29, 0.717) is 22.1 Å². The van der Waals surface area contributed by atoms with Gasteiger partial charge in [0, 0.05) is 10.6 Å². The number of carbonyl (C=O) groups excluding carboxylic acids is 1. The van der Waals surface area contributed by atoms with E-state index in [-0.39, 0.29) is 5.91 Å². The van der Waals surface area contributed by atoms with Gasteiger partial charge in [0.25, 0.3) is 5.91 Å². The minimum atomic E-state index is -0.366. The molecule has 1 aromatic heterocycles. The lowest BCUT2D eigenvalue weighted by Gasteiger charge is -2.07. The van der Waals surface area contributed by atoms with Crippen LogP contribution in [0.1, 0.15) is 23.0 Å². The van der Waals surface area contributed by atoms with Gasteiger partial charge in [-0.25, -0.2) is 10.1 Å². The first kappa shape index (κ1) is 21.3. The second kappa shape index (κ2) is 9.49. The third kappa shape index (κ3) is 4.71. The van der Waals surface area contributed by atoms with Gasteiger partial charge >= 0.3 is 0 Å². The Hall–Kier alpha value is -3.90. The molecule has 0 bridgehead atoms. The molecule has 7 heteroatoms. The average molecular weight is 445 g/mol. The standard InChI is InChI=1S/C25H21ClN4O2/c1-17(18-8-12-20(26)13-9-18)27-28-25(31)24-16-23(19-10-14-22(32-2)15-11-19)29-30(24)21-6-4-3-5-7-21/h3-16H,1-2H3,(H,28,31)/b27-17+. The van der Waals surface area contributed by atoms with Gasteiger partial charge in [-0.3, -0.25) is 4.79 Å². The van der Waals surface area contributed by atoms with Crippen molar-refractivity contribution in [3.8, 4) is 22.7 Å². The Morgan fingerprint density at radius 3 is 2.34 bits per heavy atom. The number of benzene rings is 3. The van der Waals surface area contributed by atoms with Crippen LogP contribution in [0.3, 0.4) is 0 Å². The molecule has 0 aliphatic heterocycles. The third-order valence-electron chi connectivity index (χ3n) is 4.92. The van der Waals surface area contributed by atoms with Crippen molar-refractivity contribution in [3.63, 3.8) is 0 Å². The Balaban J connectivity index is 1.66. The van der Waals surface area contributed by atoms with Crippen molar-refractivity contribution in [2.45, 2.75) is 6.92 Å². The average Bonchev–Trinajstić information content (AvgIpc) is 3.29. The van der Waals surface area contributed by atoms with E-state index in [1.807, 2.05) is 73.7 Å². The number of hydrazone groups is 1. The maximum absolute atomic E-state index is 13.1. The molecule has 0 saturated carbocycles. The molecule has 1 N–H and O–H groups in total. The summed E-state index contributed by atoms with van der Waals surface area (Å²) in [5, 5.41) is 9.57. The Kier molecular flexibility index (Phi) is 6.33. The van der Waals surface area contributed by atoms with Gasteiger partial charge in [0.15, 0.2) is 0 Å². The summed E-state index contributed by atoms with van der Waals surface area (Å²) in [5.41, 5.74) is 6.85. The normalized spacial score (nSPS) is 11.3. The number of carbonyl (C=O) groups is 1. The van der Waals surface area contributed by atoms with Gasteiger partial charge < -0.3 is 4.74 Å². The monoisotopic (exact) mass is 444 g/mol. The van der Waals surface area contributed by atoms with Gasteiger partial charge in [-0.15, -0.1) is 0 Å². The number of nitrogens with zero attached hydrogens (tertiary/aromatic N) is 3. The molecule has 4 rings (SSSR count). The van der Waals surface area contributed by atoms with Crippen LogP contribution in [0.4, 0.5) is 0 Å². The smallest absolute Gasteiger partial charge is 0.290 e. The van der Waals surface area contributed by atoms with Crippen molar-refractivity contribution in [3.05, 3.63) is 101 Å². The Morgan fingerprint density at radius 2 is 1.69 bits per heavy atom. The maximum Gasteiger partial charge on any atom is 0.290 e. The summed E-state index contributed by atoms with van der Waals surface area (Å²) in [7, 11) is 1.62. The van der Waals surface area contributed by atoms with Gasteiger partial charge in [-0.2, -0.15) is 10.2 Å². The van der Waals surface area contributed by atoms with Crippen molar-refractivity contribution >= 4 is 23.2 Å². The fraction of sp³-hybridized carbons (Fsp3) is 0.0800. The van der Waals surface area contributed by atoms with E-state index in [2.05, 4.69) is 15.6 Å². The number of amides is 1. The molecule has 6 nitrogen and oxygen atoms in total. The first-order valence-corrected chi connectivity index (χ1v) is 10.3. The van der Waals surface area contributed by atoms with Crippen LogP contribution in [0.2, 0.25) is 5.02 Å². The van der Waals surface area contributed by atoms with E-state index < -0.39 is 0 Å². The number of para-hydroxylation sites is 1. The van der Waals surface area contributed by atoms with Crippen LogP contribution < -0.4 is 10.2 Å². The first-order chi connectivity index (χ1) is 15.5. The fourth-order valence-electron chi connectivity index (χ4n) is 3.16. The van der Waals surface area contributed by atoms with E-state index in [4.69, 9.17) is 16.3 Å². The van der Waals surface area contributed by atoms with Gasteiger partial charge in [-0.1, -0.05) is 41.9 Å². The van der Waals surface area contributed by atoms with Crippen LogP contribution in [0, 0.1) is 0 Å². The number of nitrogens with one attached hydrogen (secondary N) is 1. The Bertz CT molecular complexity index is 1250. The highest BCUT2D eigenvalue weighted by Crippen LogP contribution is 2.24. The van der Waals surface area contributed by atoms with Crippen LogP contribution in [-0.2, 0) is 0 Å². The number of halogens is 1. The minimum Gasteiger partial charge on any atom is -0.497 e. The van der Waals surface area contributed by atoms with Crippen LogP contribution in [0.5, 0.6) is 5.75 Å². The van der Waals surface area contributed by atoms with Gasteiger partial charge in [0.2, 0.25) is 0 Å². The first-order valence-electron chi connectivity index (χ1n) is 9.95. The third-order valence-corrected chi connectivity index (χ3v) is 5.17. The molecule has 0 unspecified atom stereocenters. The quantitative estimate of drug-likeness (QED) is 0.321. The van der Waals surface area contributed by atoms with Crippen LogP contribution in [-0.4, -0.2) is 28.5 Å². The molecule has 0 radical (unpaired) electrons. The van der Waals surface area contributed by atoms with Crippen LogP contribution >= 0.6 is 11.6 Å². The molecule has 3 aromatic carbocycles. The molecular formula is C25H21ClN4O2. The SMILES string of the molecule is COc1ccc(-c2cc(C(=O)N/N=C(\C)c3ccc(Cl)cc3)n(-c3ccccc3)n2)cc1. The minimum absolute atomic E-state index is 0.366. The number of aromatic nitrogens is 2. The summed E-state index contributed by atoms with van der Waals surface area (Å²) in [5.74, 6) is 0.385. The number of rotatable bonds is 6. The van der Waals surface area contributed by atoms with Gasteiger partial charge in [0.1, 0.15) is 11.4 Å². The second-order valence-electron chi connectivity index (χ2n) is 7.04. The van der Waals surface area contributed by atoms with Crippen molar-refractivity contribution in [2.75, 3.05) is 7.11 Å². The summed E-state index contributed by atoms with van der Waals surface area (Å²) < 4.78 is 6.84. The summed E-state index contributed by atoms with van der Waals surface area (Å²) in [6.45, 7) is 1.82. The molecule has 0 fully saturated rings. The second-order valence-corrected chi connectivity index (χ2v) is 7.47. The summed E-state index contributed by atoms with van der Waals surface area (Å²) in [6, 6.07) is 26.0. The number of methoxy groups -OCH3 is 1. The predicted octanol–water partition coefficient (Wildman–Crippen LogP) is 5.36. The van der Waals surface area contributed by atoms with Gasteiger partial charge in [-0.05, 0) is 67.1 Å². The molecular weight excluding hydrogens is 424 g/mol. The topological polar surface area (TPSA) is 68.5 Å². The zero-order valence-electron chi connectivity index (χ0n) is 17.6. The summed E-state index contributed by atoms with van der Waals surface area (Å²) in [4.78, 5) is 13.1. The predicted molar refractivity (Wildman–Crippen MR) is 127 cm³/mol. The Morgan fingerprint density at radius 1 is 1.00 bits per heavy atom. The molecule has 4 aromatic rings. The molecule has 1 heterocycles. The van der Waals surface area contributed by atoms with Crippen LogP contribution in [0.15, 0.2) is 90.0 Å². The molecule has 160 valence electrons. The summed E-state index contributed by atoms with van der Waals surface area (Å²) in [6.07, 6.45) is 0. The van der Waals surface area contributed by atoms with Crippen molar-refractivity contribution in [2.24, 2.45) is 5.10 Å². The van der Waals surface area contributed by atoms with E-state index in [9.17, 15) is 4.79 Å². The lowest BCUT2D eigenvalue weighted by Crippen LogP contribution is -2.22. The lowest BCUT2D eigenvalue weighted by molar-refractivity contribution is 0.0947. The molecule has 0 aliphatic rings. The molecule has 0 spiro atoms. The van der Waals surface area contributed by atoms with E-state index in [0.717, 1.165) is 22.6 Å². The van der Waals surface area contributed by atoms with Crippen molar-refractivity contribution in [1.29, 1.82) is 0 Å². The van der Waals surface area contributed by atoms with Crippen molar-refractivity contribution < 1.29 is 9.53 Å². The maximum atomic E-state index is 13.1. The van der Waals surface area contributed by atoms with E-state index >= 15 is 0 Å². The highest BCUT2D eigenvalue weighted by Gasteiger charge is 2.17. The van der Waals surface area contributed by atoms with Gasteiger partial charge in [0.05, 0.1) is 24.2 Å². The summed E-state index contributed by atoms with van der Waals surface area (Å²) >= 11 is 5.94. The largest absolute Gasteiger partial charge is 0.497 e. The molecule has 32 heavy (non-hydrogen) atoms. The Labute approximate surface area is 191 Å². The van der Waals surface area contributed by atoms with E-state index in [1.165, 1.54) is 0 Å². The molecule has 0 atom stereocenters. The molecule has 0 aliphatic carbocycles. The number of ether oxygens (including phenoxy) is 1. The number of hydrogen-bond acceptors (Lipinski definition) is 4. The molecule has 0 saturated heterocycles. The van der Waals surface area contributed by atoms with Crippen LogP contribution in [0.25, 0.3) is 16.9 Å².